The fourth-order valence-electron chi connectivity index (χ4n) is 2.57. The van der Waals surface area contributed by atoms with Gasteiger partial charge in [-0.3, -0.25) is 0 Å². The first kappa shape index (κ1) is 17.1. The van der Waals surface area contributed by atoms with Gasteiger partial charge in [0, 0.05) is 10.0 Å². The molecule has 124 valence electrons. The molecule has 7 heteroatoms. The van der Waals surface area contributed by atoms with Crippen molar-refractivity contribution in [2.75, 3.05) is 17.9 Å². The van der Waals surface area contributed by atoms with Crippen molar-refractivity contribution in [2.45, 2.75) is 6.54 Å². The van der Waals surface area contributed by atoms with Crippen LogP contribution in [0.5, 0.6) is 0 Å². The highest BCUT2D eigenvalue weighted by Gasteiger charge is 2.25. The van der Waals surface area contributed by atoms with Crippen molar-refractivity contribution in [1.29, 1.82) is 0 Å². The van der Waals surface area contributed by atoms with Gasteiger partial charge in [0.05, 0.1) is 36.5 Å². The Morgan fingerprint density at radius 2 is 1.92 bits per heavy atom. The van der Waals surface area contributed by atoms with E-state index in [4.69, 9.17) is 39.5 Å². The summed E-state index contributed by atoms with van der Waals surface area (Å²) in [6.45, 7) is 0.502. The molecule has 4 nitrogen and oxygen atoms in total. The van der Waals surface area contributed by atoms with Crippen molar-refractivity contribution in [1.82, 2.24) is 0 Å². The van der Waals surface area contributed by atoms with Crippen molar-refractivity contribution in [3.05, 3.63) is 57.6 Å². The van der Waals surface area contributed by atoms with Crippen LogP contribution in [0.1, 0.15) is 15.9 Å². The molecular formula is C17H13Cl3N2O2. The summed E-state index contributed by atoms with van der Waals surface area (Å²) in [7, 11) is 1.34. The molecule has 1 aliphatic heterocycles. The number of hydrogen-bond donors (Lipinski definition) is 0. The summed E-state index contributed by atoms with van der Waals surface area (Å²) in [5.74, 6) is 0.343. The molecule has 0 N–H and O–H groups in total. The van der Waals surface area contributed by atoms with Gasteiger partial charge in [-0.05, 0) is 35.9 Å². The summed E-state index contributed by atoms with van der Waals surface area (Å²) in [6, 6.07) is 10.5. The maximum Gasteiger partial charge on any atom is 0.339 e. The van der Waals surface area contributed by atoms with Gasteiger partial charge in [-0.25, -0.2) is 9.79 Å². The summed E-state index contributed by atoms with van der Waals surface area (Å²) in [5.41, 5.74) is 2.76. The number of esters is 1. The van der Waals surface area contributed by atoms with Gasteiger partial charge in [0.2, 0.25) is 0 Å². The number of anilines is 1. The van der Waals surface area contributed by atoms with E-state index in [2.05, 4.69) is 4.99 Å². The summed E-state index contributed by atoms with van der Waals surface area (Å²) >= 11 is 18.2. The Kier molecular flexibility index (Phi) is 4.99. The van der Waals surface area contributed by atoms with Crippen LogP contribution in [-0.4, -0.2) is 24.8 Å². The SMILES string of the molecule is COC(=O)c1ccc(Cl)cc1N1Cc2ccc(Cl)cc2N=C1CCl. The highest BCUT2D eigenvalue weighted by molar-refractivity contribution is 6.33. The number of hydrogen-bond acceptors (Lipinski definition) is 4. The van der Waals surface area contributed by atoms with Gasteiger partial charge in [-0.15, -0.1) is 11.6 Å². The van der Waals surface area contributed by atoms with E-state index >= 15 is 0 Å². The number of halogens is 3. The van der Waals surface area contributed by atoms with Crippen LogP contribution in [0.3, 0.4) is 0 Å². The second-order valence-electron chi connectivity index (χ2n) is 5.17. The van der Waals surface area contributed by atoms with Crippen LogP contribution in [0.2, 0.25) is 10.0 Å². The number of alkyl halides is 1. The normalized spacial score (nSPS) is 13.3. The fourth-order valence-corrected chi connectivity index (χ4v) is 3.11. The van der Waals surface area contributed by atoms with Crippen LogP contribution in [-0.2, 0) is 11.3 Å². The van der Waals surface area contributed by atoms with Crippen LogP contribution in [0.4, 0.5) is 11.4 Å². The molecule has 0 saturated carbocycles. The van der Waals surface area contributed by atoms with E-state index < -0.39 is 5.97 Å². The Morgan fingerprint density at radius 1 is 1.21 bits per heavy atom. The number of amidine groups is 1. The summed E-state index contributed by atoms with van der Waals surface area (Å²) in [6.07, 6.45) is 0. The zero-order valence-electron chi connectivity index (χ0n) is 12.7. The predicted molar refractivity (Wildman–Crippen MR) is 98.2 cm³/mol. The number of carbonyl (C=O) groups is 1. The molecule has 0 unspecified atom stereocenters. The van der Waals surface area contributed by atoms with E-state index in [0.29, 0.717) is 33.7 Å². The van der Waals surface area contributed by atoms with Gasteiger partial charge in [0.25, 0.3) is 0 Å². The maximum atomic E-state index is 12.1. The Balaban J connectivity index is 2.12. The van der Waals surface area contributed by atoms with Crippen LogP contribution < -0.4 is 4.90 Å². The Bertz CT molecular complexity index is 837. The maximum absolute atomic E-state index is 12.1. The number of methoxy groups -OCH3 is 1. The van der Waals surface area contributed by atoms with Crippen LogP contribution in [0.15, 0.2) is 41.4 Å². The summed E-state index contributed by atoms with van der Waals surface area (Å²) in [5, 5.41) is 1.12. The number of benzene rings is 2. The van der Waals surface area contributed by atoms with Gasteiger partial charge < -0.3 is 9.64 Å². The van der Waals surface area contributed by atoms with Crippen molar-refractivity contribution >= 4 is 58.0 Å². The second kappa shape index (κ2) is 7.01. The molecule has 0 bridgehead atoms. The van der Waals surface area contributed by atoms with Crippen molar-refractivity contribution < 1.29 is 9.53 Å². The Morgan fingerprint density at radius 3 is 2.62 bits per heavy atom. The molecule has 0 aliphatic carbocycles. The Hall–Kier alpha value is -1.75. The molecule has 0 amide bonds. The number of carbonyl (C=O) groups excluding carboxylic acids is 1. The first-order chi connectivity index (χ1) is 11.5. The molecule has 24 heavy (non-hydrogen) atoms. The van der Waals surface area contributed by atoms with E-state index in [1.165, 1.54) is 7.11 Å². The zero-order valence-corrected chi connectivity index (χ0v) is 15.0. The average Bonchev–Trinajstić information content (AvgIpc) is 2.59. The van der Waals surface area contributed by atoms with Crippen LogP contribution in [0, 0.1) is 0 Å². The second-order valence-corrected chi connectivity index (χ2v) is 6.31. The van der Waals surface area contributed by atoms with Crippen LogP contribution >= 0.6 is 34.8 Å². The fraction of sp³-hybridized carbons (Fsp3) is 0.176. The van der Waals surface area contributed by atoms with E-state index in [0.717, 1.165) is 11.3 Å². The van der Waals surface area contributed by atoms with Crippen molar-refractivity contribution in [3.63, 3.8) is 0 Å². The topological polar surface area (TPSA) is 41.9 Å². The van der Waals surface area contributed by atoms with Gasteiger partial charge in [-0.2, -0.15) is 0 Å². The van der Waals surface area contributed by atoms with Gasteiger partial charge in [-0.1, -0.05) is 29.3 Å². The molecule has 0 aromatic heterocycles. The molecule has 1 aliphatic rings. The number of aliphatic imine (C=N–C) groups is 1. The molecule has 0 spiro atoms. The number of fused-ring (bicyclic) bond motifs is 1. The molecular weight excluding hydrogens is 371 g/mol. The highest BCUT2D eigenvalue weighted by Crippen LogP contribution is 2.34. The quantitative estimate of drug-likeness (QED) is 0.549. The summed E-state index contributed by atoms with van der Waals surface area (Å²) in [4.78, 5) is 18.5. The molecule has 0 fully saturated rings. The minimum atomic E-state index is -0.447. The number of rotatable bonds is 3. The first-order valence-corrected chi connectivity index (χ1v) is 8.40. The lowest BCUT2D eigenvalue weighted by molar-refractivity contribution is 0.0601. The van der Waals surface area contributed by atoms with E-state index in [1.54, 1.807) is 30.3 Å². The lowest BCUT2D eigenvalue weighted by Crippen LogP contribution is -2.35. The zero-order chi connectivity index (χ0) is 17.3. The minimum Gasteiger partial charge on any atom is -0.465 e. The predicted octanol–water partition coefficient (Wildman–Crippen LogP) is 5.07. The third-order valence-electron chi connectivity index (χ3n) is 3.71. The van der Waals surface area contributed by atoms with Crippen molar-refractivity contribution in [3.8, 4) is 0 Å². The monoisotopic (exact) mass is 382 g/mol. The molecule has 0 saturated heterocycles. The first-order valence-electron chi connectivity index (χ1n) is 7.11. The third-order valence-corrected chi connectivity index (χ3v) is 4.42. The molecule has 0 radical (unpaired) electrons. The average molecular weight is 384 g/mol. The van der Waals surface area contributed by atoms with Crippen molar-refractivity contribution in [2.24, 2.45) is 4.99 Å². The third kappa shape index (κ3) is 3.22. The molecule has 0 atom stereocenters. The van der Waals surface area contributed by atoms with Crippen LogP contribution in [0.25, 0.3) is 0 Å². The Labute approximate surface area is 154 Å². The summed E-state index contributed by atoms with van der Waals surface area (Å²) < 4.78 is 4.86. The van der Waals surface area contributed by atoms with E-state index in [-0.39, 0.29) is 5.88 Å². The van der Waals surface area contributed by atoms with Gasteiger partial charge in [0.1, 0.15) is 5.84 Å². The molecule has 3 rings (SSSR count). The lowest BCUT2D eigenvalue weighted by Gasteiger charge is -2.31. The van der Waals surface area contributed by atoms with E-state index in [9.17, 15) is 4.79 Å². The number of nitrogens with zero attached hydrogens (tertiary/aromatic N) is 2. The molecule has 1 heterocycles. The van der Waals surface area contributed by atoms with Gasteiger partial charge >= 0.3 is 5.97 Å². The van der Waals surface area contributed by atoms with Gasteiger partial charge in [0.15, 0.2) is 0 Å². The largest absolute Gasteiger partial charge is 0.465 e. The highest BCUT2D eigenvalue weighted by atomic mass is 35.5. The van der Waals surface area contributed by atoms with E-state index in [1.807, 2.05) is 11.0 Å². The minimum absolute atomic E-state index is 0.180. The smallest absolute Gasteiger partial charge is 0.339 e. The molecule has 2 aromatic carbocycles. The standard InChI is InChI=1S/C17H13Cl3N2O2/c1-24-17(23)13-5-4-12(20)7-15(13)22-9-10-2-3-11(19)6-14(10)21-16(22)8-18/h2-7H,8-9H2,1H3. The number of ether oxygens (including phenoxy) is 1. The molecule has 2 aromatic rings. The lowest BCUT2D eigenvalue weighted by atomic mass is 10.1.